The normalized spacial score (nSPS) is 19.7. The number of halogens is 2. The molecule has 1 atom stereocenters. The number of aryl methyl sites for hydroxylation is 1. The Morgan fingerprint density at radius 1 is 1.23 bits per heavy atom. The van der Waals surface area contributed by atoms with E-state index in [2.05, 4.69) is 5.32 Å². The minimum absolute atomic E-state index is 0.398. The van der Waals surface area contributed by atoms with Crippen LogP contribution < -0.4 is 10.2 Å². The Morgan fingerprint density at radius 2 is 1.94 bits per heavy atom. The molecule has 31 heavy (non-hydrogen) atoms. The van der Waals surface area contributed by atoms with Gasteiger partial charge < -0.3 is 10.4 Å². The summed E-state index contributed by atoms with van der Waals surface area (Å²) in [6.45, 7) is 1.95. The summed E-state index contributed by atoms with van der Waals surface area (Å²) < 4.78 is 26.6. The van der Waals surface area contributed by atoms with Crippen LogP contribution in [-0.2, 0) is 21.6 Å². The maximum atomic E-state index is 13.3. The Labute approximate surface area is 180 Å². The van der Waals surface area contributed by atoms with Gasteiger partial charge in [-0.2, -0.15) is 0 Å². The van der Waals surface area contributed by atoms with Crippen LogP contribution in [0.2, 0.25) is 0 Å². The second-order valence-electron chi connectivity index (χ2n) is 8.52. The van der Waals surface area contributed by atoms with Gasteiger partial charge in [-0.25, -0.2) is 8.78 Å². The lowest BCUT2D eigenvalue weighted by atomic mass is 9.87. The molecule has 164 valence electrons. The molecule has 7 heteroatoms. The maximum absolute atomic E-state index is 13.3. The second kappa shape index (κ2) is 8.04. The minimum atomic E-state index is -2.76. The number of hydrogen-bond acceptors (Lipinski definition) is 3. The largest absolute Gasteiger partial charge is 0.385 e. The van der Waals surface area contributed by atoms with Crippen molar-refractivity contribution in [2.45, 2.75) is 62.6 Å². The van der Waals surface area contributed by atoms with Gasteiger partial charge >= 0.3 is 0 Å². The van der Waals surface area contributed by atoms with Crippen molar-refractivity contribution in [2.75, 3.05) is 4.90 Å². The number of alkyl halides is 2. The van der Waals surface area contributed by atoms with Crippen molar-refractivity contribution in [3.8, 4) is 0 Å². The second-order valence-corrected chi connectivity index (χ2v) is 8.52. The van der Waals surface area contributed by atoms with Crippen LogP contribution in [-0.4, -0.2) is 29.4 Å². The molecule has 2 fully saturated rings. The molecule has 2 aromatic rings. The summed E-state index contributed by atoms with van der Waals surface area (Å²) in [4.78, 5) is 26.8. The van der Waals surface area contributed by atoms with Gasteiger partial charge in [0, 0.05) is 24.6 Å². The lowest BCUT2D eigenvalue weighted by Gasteiger charge is -2.37. The lowest BCUT2D eigenvalue weighted by Crippen LogP contribution is -2.53. The van der Waals surface area contributed by atoms with Crippen LogP contribution in [0, 0.1) is 0 Å². The summed E-state index contributed by atoms with van der Waals surface area (Å²) in [7, 11) is 0. The number of carbonyl (C=O) groups excluding carboxylic acids is 2. The molecule has 0 aliphatic heterocycles. The molecular weight excluding hydrogens is 402 g/mol. The van der Waals surface area contributed by atoms with E-state index in [1.54, 1.807) is 36.4 Å². The number of rotatable bonds is 8. The Balaban J connectivity index is 1.70. The molecule has 2 aromatic carbocycles. The molecule has 1 unspecified atom stereocenters. The zero-order valence-corrected chi connectivity index (χ0v) is 17.4. The van der Waals surface area contributed by atoms with Crippen LogP contribution in [0.25, 0.3) is 0 Å². The minimum Gasteiger partial charge on any atom is -0.385 e. The van der Waals surface area contributed by atoms with Gasteiger partial charge in [0.2, 0.25) is 12.3 Å². The van der Waals surface area contributed by atoms with Gasteiger partial charge in [0.25, 0.3) is 5.92 Å². The third-order valence-corrected chi connectivity index (χ3v) is 6.21. The first-order chi connectivity index (χ1) is 14.8. The van der Waals surface area contributed by atoms with Crippen molar-refractivity contribution in [3.05, 3.63) is 65.2 Å². The van der Waals surface area contributed by atoms with Crippen molar-refractivity contribution in [1.29, 1.82) is 0 Å². The van der Waals surface area contributed by atoms with E-state index in [9.17, 15) is 23.5 Å². The summed E-state index contributed by atoms with van der Waals surface area (Å²) in [6.07, 6.45) is 1.73. The summed E-state index contributed by atoms with van der Waals surface area (Å²) >= 11 is 0. The molecule has 0 radical (unpaired) electrons. The number of hydrogen-bond donors (Lipinski definition) is 2. The topological polar surface area (TPSA) is 69.6 Å². The van der Waals surface area contributed by atoms with Crippen molar-refractivity contribution >= 4 is 18.0 Å². The highest BCUT2D eigenvalue weighted by Crippen LogP contribution is 2.46. The molecule has 2 aliphatic rings. The first-order valence-electron chi connectivity index (χ1n) is 10.6. The van der Waals surface area contributed by atoms with Crippen molar-refractivity contribution in [2.24, 2.45) is 0 Å². The van der Waals surface area contributed by atoms with Gasteiger partial charge in [-0.15, -0.1) is 0 Å². The number of benzene rings is 2. The summed E-state index contributed by atoms with van der Waals surface area (Å²) in [6, 6.07) is 12.7. The first-order valence-corrected chi connectivity index (χ1v) is 10.6. The standard InChI is InChI=1S/C24H26F2N2O3/c1-2-16-6-3-4-9-20(16)21(22(30)27-18-13-24(25,26)14-18)28(15-29)19-8-5-7-17(12-19)23(31)10-11-23/h3-9,12,15,18,21,31H,2,10-11,13-14H2,1H3,(H,27,30). The number of carbonyl (C=O) groups is 2. The van der Waals surface area contributed by atoms with Gasteiger partial charge in [-0.1, -0.05) is 43.3 Å². The van der Waals surface area contributed by atoms with Gasteiger partial charge in [-0.05, 0) is 48.1 Å². The fourth-order valence-electron chi connectivity index (χ4n) is 4.22. The van der Waals surface area contributed by atoms with Crippen molar-refractivity contribution < 1.29 is 23.5 Å². The monoisotopic (exact) mass is 428 g/mol. The summed E-state index contributed by atoms with van der Waals surface area (Å²) in [5, 5.41) is 13.2. The third kappa shape index (κ3) is 4.32. The average molecular weight is 428 g/mol. The Kier molecular flexibility index (Phi) is 5.56. The first kappa shape index (κ1) is 21.4. The molecule has 0 heterocycles. The molecular formula is C24H26F2N2O3. The number of amides is 2. The van der Waals surface area contributed by atoms with Crippen molar-refractivity contribution in [1.82, 2.24) is 5.32 Å². The average Bonchev–Trinajstić information content (AvgIpc) is 3.49. The SMILES string of the molecule is CCc1ccccc1C(C(=O)NC1CC(F)(F)C1)N(C=O)c1cccc(C2(O)CC2)c1. The molecule has 5 nitrogen and oxygen atoms in total. The molecule has 0 bridgehead atoms. The van der Waals surface area contributed by atoms with Crippen LogP contribution >= 0.6 is 0 Å². The predicted molar refractivity (Wildman–Crippen MR) is 113 cm³/mol. The van der Waals surface area contributed by atoms with E-state index in [-0.39, 0.29) is 0 Å². The molecule has 0 spiro atoms. The highest BCUT2D eigenvalue weighted by atomic mass is 19.3. The Hall–Kier alpha value is -2.80. The van der Waals surface area contributed by atoms with Gasteiger partial charge in [0.1, 0.15) is 6.04 Å². The van der Waals surface area contributed by atoms with E-state index < -0.39 is 42.4 Å². The number of anilines is 1. The van der Waals surface area contributed by atoms with Gasteiger partial charge in [-0.3, -0.25) is 14.5 Å². The highest BCUT2D eigenvalue weighted by Gasteiger charge is 2.47. The number of aliphatic hydroxyl groups is 1. The van der Waals surface area contributed by atoms with Gasteiger partial charge in [0.05, 0.1) is 5.60 Å². The van der Waals surface area contributed by atoms with E-state index in [1.165, 1.54) is 4.90 Å². The predicted octanol–water partition coefficient (Wildman–Crippen LogP) is 3.85. The Bertz CT molecular complexity index is 982. The molecule has 2 N–H and O–H groups in total. The van der Waals surface area contributed by atoms with Crippen molar-refractivity contribution in [3.63, 3.8) is 0 Å². The quantitative estimate of drug-likeness (QED) is 0.628. The zero-order valence-electron chi connectivity index (χ0n) is 17.4. The van der Waals surface area contributed by atoms with E-state index in [4.69, 9.17) is 0 Å². The molecule has 4 rings (SSSR count). The highest BCUT2D eigenvalue weighted by molar-refractivity contribution is 5.93. The fraction of sp³-hybridized carbons (Fsp3) is 0.417. The van der Waals surface area contributed by atoms with E-state index >= 15 is 0 Å². The lowest BCUT2D eigenvalue weighted by molar-refractivity contribution is -0.131. The molecule has 2 aliphatic carbocycles. The number of nitrogens with one attached hydrogen (secondary N) is 1. The molecule has 0 saturated heterocycles. The van der Waals surface area contributed by atoms with E-state index in [1.807, 2.05) is 19.1 Å². The smallest absolute Gasteiger partial charge is 0.252 e. The molecule has 2 amide bonds. The van der Waals surface area contributed by atoms with Crippen LogP contribution in [0.15, 0.2) is 48.5 Å². The van der Waals surface area contributed by atoms with E-state index in [0.29, 0.717) is 42.5 Å². The summed E-state index contributed by atoms with van der Waals surface area (Å²) in [5.41, 5.74) is 1.82. The zero-order chi connectivity index (χ0) is 22.2. The summed E-state index contributed by atoms with van der Waals surface area (Å²) in [5.74, 6) is -3.25. The Morgan fingerprint density at radius 3 is 2.55 bits per heavy atom. The fourth-order valence-corrected chi connectivity index (χ4v) is 4.22. The van der Waals surface area contributed by atoms with Crippen LogP contribution in [0.3, 0.4) is 0 Å². The molecule has 2 saturated carbocycles. The number of nitrogens with zero attached hydrogens (tertiary/aromatic N) is 1. The third-order valence-electron chi connectivity index (χ3n) is 6.21. The maximum Gasteiger partial charge on any atom is 0.252 e. The van der Waals surface area contributed by atoms with Crippen LogP contribution in [0.5, 0.6) is 0 Å². The van der Waals surface area contributed by atoms with E-state index in [0.717, 1.165) is 5.56 Å². The van der Waals surface area contributed by atoms with Crippen LogP contribution in [0.1, 0.15) is 55.3 Å². The van der Waals surface area contributed by atoms with Gasteiger partial charge in [0.15, 0.2) is 0 Å². The molecule has 0 aromatic heterocycles. The van der Waals surface area contributed by atoms with Crippen LogP contribution in [0.4, 0.5) is 14.5 Å².